The van der Waals surface area contributed by atoms with Crippen LogP contribution in [0.1, 0.15) is 5.82 Å². The molecule has 0 fully saturated rings. The van der Waals surface area contributed by atoms with E-state index in [1.54, 1.807) is 18.2 Å². The zero-order valence-electron chi connectivity index (χ0n) is 17.8. The Morgan fingerprint density at radius 2 is 1.76 bits per heavy atom. The van der Waals surface area contributed by atoms with E-state index in [1.165, 1.54) is 36.4 Å². The quantitative estimate of drug-likeness (QED) is 0.314. The van der Waals surface area contributed by atoms with E-state index in [9.17, 15) is 23.6 Å². The Balaban J connectivity index is 1.71. The third-order valence-corrected chi connectivity index (χ3v) is 7.08. The highest BCUT2D eigenvalue weighted by Crippen LogP contribution is 2.27. The molecule has 1 atom stereocenters. The molecule has 33 heavy (non-hydrogen) atoms. The minimum Gasteiger partial charge on any atom is -0.389 e. The van der Waals surface area contributed by atoms with Crippen LogP contribution in [0.5, 0.6) is 0 Å². The number of benzene rings is 3. The fourth-order valence-corrected chi connectivity index (χ4v) is 5.23. The average molecular weight is 467 g/mol. The van der Waals surface area contributed by atoms with E-state index in [0.717, 1.165) is 15.3 Å². The van der Waals surface area contributed by atoms with Crippen molar-refractivity contribution in [2.75, 3.05) is 10.8 Å². The van der Waals surface area contributed by atoms with Gasteiger partial charge in [0.1, 0.15) is 5.82 Å². The molecule has 0 spiro atoms. The van der Waals surface area contributed by atoms with Crippen molar-refractivity contribution in [3.8, 4) is 0 Å². The van der Waals surface area contributed by atoms with Gasteiger partial charge in [-0.1, -0.05) is 36.4 Å². The van der Waals surface area contributed by atoms with E-state index in [2.05, 4.69) is 4.98 Å². The number of rotatable bonds is 8. The molecular formula is C23H22N4O5S. The van der Waals surface area contributed by atoms with Gasteiger partial charge < -0.3 is 9.67 Å². The Kier molecular flexibility index (Phi) is 6.12. The van der Waals surface area contributed by atoms with Gasteiger partial charge in [-0.05, 0) is 37.3 Å². The highest BCUT2D eigenvalue weighted by molar-refractivity contribution is 7.92. The smallest absolute Gasteiger partial charge is 0.271 e. The molecule has 4 aromatic rings. The number of sulfonamides is 1. The largest absolute Gasteiger partial charge is 0.389 e. The molecule has 9 nitrogen and oxygen atoms in total. The lowest BCUT2D eigenvalue weighted by Crippen LogP contribution is -2.39. The van der Waals surface area contributed by atoms with Crippen molar-refractivity contribution < 1.29 is 18.4 Å². The zero-order chi connectivity index (χ0) is 23.6. The maximum atomic E-state index is 13.5. The molecule has 0 radical (unpaired) electrons. The number of hydrogen-bond donors (Lipinski definition) is 1. The van der Waals surface area contributed by atoms with E-state index in [4.69, 9.17) is 0 Å². The number of aryl methyl sites for hydroxylation is 1. The lowest BCUT2D eigenvalue weighted by atomic mass is 10.2. The van der Waals surface area contributed by atoms with Gasteiger partial charge in [-0.3, -0.25) is 14.4 Å². The van der Waals surface area contributed by atoms with Gasteiger partial charge in [-0.2, -0.15) is 0 Å². The third kappa shape index (κ3) is 4.57. The van der Waals surface area contributed by atoms with Crippen LogP contribution in [0.25, 0.3) is 11.0 Å². The monoisotopic (exact) mass is 466 g/mol. The molecule has 1 heterocycles. The number of nitro groups is 1. The minimum absolute atomic E-state index is 0.0213. The third-order valence-electron chi connectivity index (χ3n) is 5.28. The van der Waals surface area contributed by atoms with Crippen LogP contribution in [0, 0.1) is 17.0 Å². The number of imidazole rings is 1. The SMILES string of the molecule is Cc1nc2ccccc2n1C[C@H](O)CN(c1cccc([N+](=O)[O-])c1)S(=O)(=O)c1ccccc1. The van der Waals surface area contributed by atoms with Gasteiger partial charge in [-0.25, -0.2) is 13.4 Å². The molecule has 0 aliphatic heterocycles. The predicted octanol–water partition coefficient (Wildman–Crippen LogP) is 3.51. The number of aromatic nitrogens is 2. The second kappa shape index (κ2) is 9.00. The Labute approximate surface area is 190 Å². The van der Waals surface area contributed by atoms with E-state index in [-0.39, 0.29) is 29.4 Å². The van der Waals surface area contributed by atoms with E-state index in [1.807, 2.05) is 35.8 Å². The van der Waals surface area contributed by atoms with E-state index >= 15 is 0 Å². The van der Waals surface area contributed by atoms with Crippen LogP contribution < -0.4 is 4.31 Å². The summed E-state index contributed by atoms with van der Waals surface area (Å²) in [4.78, 5) is 15.2. The van der Waals surface area contributed by atoms with Crippen LogP contribution in [-0.4, -0.2) is 40.6 Å². The van der Waals surface area contributed by atoms with Crippen molar-refractivity contribution in [3.63, 3.8) is 0 Å². The highest BCUT2D eigenvalue weighted by Gasteiger charge is 2.28. The Morgan fingerprint density at radius 3 is 2.48 bits per heavy atom. The first-order chi connectivity index (χ1) is 15.8. The number of nitrogens with zero attached hydrogens (tertiary/aromatic N) is 4. The summed E-state index contributed by atoms with van der Waals surface area (Å²) in [6.45, 7) is 1.61. The lowest BCUT2D eigenvalue weighted by molar-refractivity contribution is -0.384. The van der Waals surface area contributed by atoms with Crippen LogP contribution in [0.15, 0.2) is 83.8 Å². The molecule has 0 saturated heterocycles. The summed E-state index contributed by atoms with van der Waals surface area (Å²) in [5.74, 6) is 0.683. The van der Waals surface area contributed by atoms with Crippen LogP contribution in [0.2, 0.25) is 0 Å². The molecule has 170 valence electrons. The summed E-state index contributed by atoms with van der Waals surface area (Å²) < 4.78 is 29.7. The van der Waals surface area contributed by atoms with Crippen LogP contribution in [0.4, 0.5) is 11.4 Å². The van der Waals surface area contributed by atoms with E-state index < -0.39 is 21.1 Å². The van der Waals surface area contributed by atoms with Crippen molar-refractivity contribution >= 4 is 32.4 Å². The molecule has 1 N–H and O–H groups in total. The fourth-order valence-electron chi connectivity index (χ4n) is 3.71. The first-order valence-corrected chi connectivity index (χ1v) is 11.6. The van der Waals surface area contributed by atoms with Crippen molar-refractivity contribution in [2.24, 2.45) is 0 Å². The molecular weight excluding hydrogens is 444 g/mol. The first kappa shape index (κ1) is 22.4. The number of hydrogen-bond acceptors (Lipinski definition) is 6. The number of aliphatic hydroxyl groups is 1. The summed E-state index contributed by atoms with van der Waals surface area (Å²) in [7, 11) is -4.10. The summed E-state index contributed by atoms with van der Waals surface area (Å²) in [5, 5.41) is 22.2. The van der Waals surface area contributed by atoms with Gasteiger partial charge in [0.15, 0.2) is 0 Å². The molecule has 10 heteroatoms. The standard InChI is InChI=1S/C23H22N4O5S/c1-17-24-22-12-5-6-13-23(22)25(17)15-20(28)16-26(18-8-7-9-19(14-18)27(29)30)33(31,32)21-10-3-2-4-11-21/h2-14,20,28H,15-16H2,1H3/t20-/m0/s1. The second-order valence-corrected chi connectivity index (χ2v) is 9.40. The molecule has 0 saturated carbocycles. The minimum atomic E-state index is -4.10. The molecule has 0 aliphatic carbocycles. The summed E-state index contributed by atoms with van der Waals surface area (Å²) in [6, 6.07) is 20.6. The number of fused-ring (bicyclic) bond motifs is 1. The summed E-state index contributed by atoms with van der Waals surface area (Å²) in [6.07, 6.45) is -1.11. The molecule has 1 aromatic heterocycles. The Morgan fingerprint density at radius 1 is 1.06 bits per heavy atom. The van der Waals surface area contributed by atoms with Crippen molar-refractivity contribution in [1.29, 1.82) is 0 Å². The van der Waals surface area contributed by atoms with Crippen LogP contribution in [0.3, 0.4) is 0 Å². The zero-order valence-corrected chi connectivity index (χ0v) is 18.6. The topological polar surface area (TPSA) is 119 Å². The van der Waals surface area contributed by atoms with Gasteiger partial charge in [0.05, 0.1) is 45.7 Å². The van der Waals surface area contributed by atoms with Gasteiger partial charge >= 0.3 is 0 Å². The average Bonchev–Trinajstić information content (AvgIpc) is 3.13. The maximum Gasteiger partial charge on any atom is 0.271 e. The number of para-hydroxylation sites is 2. The predicted molar refractivity (Wildman–Crippen MR) is 125 cm³/mol. The van der Waals surface area contributed by atoms with Crippen molar-refractivity contribution in [2.45, 2.75) is 24.5 Å². The van der Waals surface area contributed by atoms with Crippen LogP contribution in [-0.2, 0) is 16.6 Å². The summed E-state index contributed by atoms with van der Waals surface area (Å²) >= 11 is 0. The van der Waals surface area contributed by atoms with Gasteiger partial charge in [0, 0.05) is 12.1 Å². The van der Waals surface area contributed by atoms with Crippen molar-refractivity contribution in [1.82, 2.24) is 9.55 Å². The Hall–Kier alpha value is -3.76. The van der Waals surface area contributed by atoms with Gasteiger partial charge in [0.25, 0.3) is 15.7 Å². The number of aliphatic hydroxyl groups excluding tert-OH is 1. The van der Waals surface area contributed by atoms with E-state index in [0.29, 0.717) is 5.82 Å². The number of anilines is 1. The molecule has 0 bridgehead atoms. The number of nitro benzene ring substituents is 1. The molecule has 0 aliphatic rings. The fraction of sp³-hybridized carbons (Fsp3) is 0.174. The highest BCUT2D eigenvalue weighted by atomic mass is 32.2. The van der Waals surface area contributed by atoms with Crippen molar-refractivity contribution in [3.05, 3.63) is 94.8 Å². The molecule has 4 rings (SSSR count). The molecule has 0 unspecified atom stereocenters. The van der Waals surface area contributed by atoms with Gasteiger partial charge in [0.2, 0.25) is 0 Å². The Bertz CT molecular complexity index is 1400. The lowest BCUT2D eigenvalue weighted by Gasteiger charge is -2.27. The normalized spacial score (nSPS) is 12.5. The van der Waals surface area contributed by atoms with Gasteiger partial charge in [-0.15, -0.1) is 0 Å². The number of non-ortho nitro benzene ring substituents is 1. The molecule has 3 aromatic carbocycles. The van der Waals surface area contributed by atoms with Crippen LogP contribution >= 0.6 is 0 Å². The maximum absolute atomic E-state index is 13.5. The summed E-state index contributed by atoms with van der Waals surface area (Å²) in [5.41, 5.74) is 1.45. The second-order valence-electron chi connectivity index (χ2n) is 7.54. The molecule has 0 amide bonds. The first-order valence-electron chi connectivity index (χ1n) is 10.2.